The van der Waals surface area contributed by atoms with Crippen molar-refractivity contribution in [1.82, 2.24) is 10.2 Å². The van der Waals surface area contributed by atoms with Gasteiger partial charge < -0.3 is 15.0 Å². The molecule has 112 valence electrons. The van der Waals surface area contributed by atoms with Crippen LogP contribution in [-0.2, 0) is 0 Å². The third-order valence-electron chi connectivity index (χ3n) is 3.99. The van der Waals surface area contributed by atoms with Crippen molar-refractivity contribution in [3.63, 3.8) is 0 Å². The summed E-state index contributed by atoms with van der Waals surface area (Å²) in [5, 5.41) is 3.61. The minimum absolute atomic E-state index is 0.418. The van der Waals surface area contributed by atoms with Crippen LogP contribution in [0.5, 0.6) is 5.75 Å². The molecule has 3 heteroatoms. The summed E-state index contributed by atoms with van der Waals surface area (Å²) in [6.45, 7) is 11.8. The summed E-state index contributed by atoms with van der Waals surface area (Å²) in [4.78, 5) is 2.58. The van der Waals surface area contributed by atoms with E-state index in [0.29, 0.717) is 6.04 Å². The van der Waals surface area contributed by atoms with Crippen molar-refractivity contribution in [1.29, 1.82) is 0 Å². The van der Waals surface area contributed by atoms with Gasteiger partial charge in [-0.1, -0.05) is 26.0 Å². The molecule has 0 aromatic heterocycles. The molecule has 20 heavy (non-hydrogen) atoms. The highest BCUT2D eigenvalue weighted by Gasteiger charge is 2.22. The molecular formula is C17H28N2O. The molecule has 1 heterocycles. The van der Waals surface area contributed by atoms with Crippen LogP contribution in [0.25, 0.3) is 0 Å². The van der Waals surface area contributed by atoms with Crippen molar-refractivity contribution in [3.8, 4) is 5.75 Å². The van der Waals surface area contributed by atoms with Gasteiger partial charge in [0.2, 0.25) is 0 Å². The zero-order chi connectivity index (χ0) is 14.4. The minimum Gasteiger partial charge on any atom is -0.494 e. The Bertz CT molecular complexity index is 390. The van der Waals surface area contributed by atoms with Gasteiger partial charge in [-0.25, -0.2) is 0 Å². The molecular weight excluding hydrogens is 248 g/mol. The fourth-order valence-corrected chi connectivity index (χ4v) is 2.95. The molecule has 1 aromatic carbocycles. The predicted molar refractivity (Wildman–Crippen MR) is 84.2 cm³/mol. The van der Waals surface area contributed by atoms with Crippen molar-refractivity contribution in [2.24, 2.45) is 5.92 Å². The Morgan fingerprint density at radius 2 is 2.05 bits per heavy atom. The Balaban J connectivity index is 1.99. The van der Waals surface area contributed by atoms with Gasteiger partial charge in [0, 0.05) is 19.1 Å². The Hall–Kier alpha value is -1.06. The third kappa shape index (κ3) is 4.22. The zero-order valence-electron chi connectivity index (χ0n) is 13.1. The van der Waals surface area contributed by atoms with Crippen LogP contribution >= 0.6 is 0 Å². The topological polar surface area (TPSA) is 24.5 Å². The number of rotatable bonds is 7. The van der Waals surface area contributed by atoms with Gasteiger partial charge in [0.05, 0.1) is 6.61 Å². The number of nitrogens with zero attached hydrogens (tertiary/aromatic N) is 1. The van der Waals surface area contributed by atoms with Crippen LogP contribution in [-0.4, -0.2) is 37.7 Å². The van der Waals surface area contributed by atoms with Gasteiger partial charge in [0.25, 0.3) is 0 Å². The molecule has 1 aliphatic heterocycles. The van der Waals surface area contributed by atoms with E-state index in [2.05, 4.69) is 48.3 Å². The maximum atomic E-state index is 5.52. The van der Waals surface area contributed by atoms with Crippen LogP contribution in [0.2, 0.25) is 0 Å². The first-order valence-corrected chi connectivity index (χ1v) is 7.91. The lowest BCUT2D eigenvalue weighted by Crippen LogP contribution is -2.34. The maximum absolute atomic E-state index is 5.52. The number of hydrogen-bond acceptors (Lipinski definition) is 3. The lowest BCUT2D eigenvalue weighted by molar-refractivity contribution is 0.286. The molecule has 1 saturated heterocycles. The standard InChI is InChI=1S/C17H28N2O/c1-4-18-17(13-19-11-10-14(3)12-19)15-6-8-16(9-7-15)20-5-2/h6-9,14,17-18H,4-5,10-13H2,1-3H3. The molecule has 0 saturated carbocycles. The number of hydrogen-bond donors (Lipinski definition) is 1. The summed E-state index contributed by atoms with van der Waals surface area (Å²) in [5.41, 5.74) is 1.36. The van der Waals surface area contributed by atoms with Crippen LogP contribution in [0.3, 0.4) is 0 Å². The second kappa shape index (κ2) is 7.65. The molecule has 2 rings (SSSR count). The summed E-state index contributed by atoms with van der Waals surface area (Å²) in [6, 6.07) is 8.96. The van der Waals surface area contributed by atoms with E-state index >= 15 is 0 Å². The molecule has 2 unspecified atom stereocenters. The van der Waals surface area contributed by atoms with Gasteiger partial charge in [-0.05, 0) is 50.0 Å². The Morgan fingerprint density at radius 1 is 1.30 bits per heavy atom. The maximum Gasteiger partial charge on any atom is 0.119 e. The number of likely N-dealkylation sites (N-methyl/N-ethyl adjacent to an activating group) is 1. The van der Waals surface area contributed by atoms with Crippen molar-refractivity contribution in [3.05, 3.63) is 29.8 Å². The van der Waals surface area contributed by atoms with E-state index in [9.17, 15) is 0 Å². The lowest BCUT2D eigenvalue weighted by Gasteiger charge is -2.25. The van der Waals surface area contributed by atoms with E-state index in [1.807, 2.05) is 6.92 Å². The van der Waals surface area contributed by atoms with Crippen LogP contribution in [0, 0.1) is 5.92 Å². The quantitative estimate of drug-likeness (QED) is 0.828. The summed E-state index contributed by atoms with van der Waals surface area (Å²) in [5.74, 6) is 1.80. The van der Waals surface area contributed by atoms with Crippen molar-refractivity contribution in [2.45, 2.75) is 33.2 Å². The molecule has 1 N–H and O–H groups in total. The molecule has 0 radical (unpaired) electrons. The monoisotopic (exact) mass is 276 g/mol. The lowest BCUT2D eigenvalue weighted by atomic mass is 10.1. The van der Waals surface area contributed by atoms with E-state index in [0.717, 1.165) is 31.4 Å². The first kappa shape index (κ1) is 15.3. The van der Waals surface area contributed by atoms with Crippen LogP contribution in [0.4, 0.5) is 0 Å². The first-order valence-electron chi connectivity index (χ1n) is 7.91. The average molecular weight is 276 g/mol. The van der Waals surface area contributed by atoms with Crippen molar-refractivity contribution in [2.75, 3.05) is 32.8 Å². The van der Waals surface area contributed by atoms with Gasteiger partial charge in [0.15, 0.2) is 0 Å². The van der Waals surface area contributed by atoms with Crippen molar-refractivity contribution >= 4 is 0 Å². The Labute approximate surface area is 123 Å². The fraction of sp³-hybridized carbons (Fsp3) is 0.647. The number of nitrogens with one attached hydrogen (secondary N) is 1. The molecule has 0 bridgehead atoms. The summed E-state index contributed by atoms with van der Waals surface area (Å²) < 4.78 is 5.52. The summed E-state index contributed by atoms with van der Waals surface area (Å²) in [6.07, 6.45) is 1.34. The SMILES string of the molecule is CCNC(CN1CCC(C)C1)c1ccc(OCC)cc1. The van der Waals surface area contributed by atoms with Crippen LogP contribution in [0.1, 0.15) is 38.8 Å². The molecule has 2 atom stereocenters. The molecule has 0 aliphatic carbocycles. The molecule has 0 spiro atoms. The number of likely N-dealkylation sites (tertiary alicyclic amines) is 1. The minimum atomic E-state index is 0.418. The smallest absolute Gasteiger partial charge is 0.119 e. The van der Waals surface area contributed by atoms with Gasteiger partial charge in [-0.3, -0.25) is 0 Å². The van der Waals surface area contributed by atoms with Crippen molar-refractivity contribution < 1.29 is 4.74 Å². The molecule has 3 nitrogen and oxygen atoms in total. The zero-order valence-corrected chi connectivity index (χ0v) is 13.1. The number of benzene rings is 1. The Morgan fingerprint density at radius 3 is 2.60 bits per heavy atom. The van der Waals surface area contributed by atoms with Gasteiger partial charge in [-0.15, -0.1) is 0 Å². The Kier molecular flexibility index (Phi) is 5.86. The molecule has 0 amide bonds. The summed E-state index contributed by atoms with van der Waals surface area (Å²) >= 11 is 0. The van der Waals surface area contributed by atoms with E-state index in [4.69, 9.17) is 4.74 Å². The average Bonchev–Trinajstić information content (AvgIpc) is 2.85. The normalized spacial score (nSPS) is 21.1. The second-order valence-electron chi connectivity index (χ2n) is 5.77. The third-order valence-corrected chi connectivity index (χ3v) is 3.99. The highest BCUT2D eigenvalue weighted by molar-refractivity contribution is 5.29. The van der Waals surface area contributed by atoms with E-state index in [-0.39, 0.29) is 0 Å². The largest absolute Gasteiger partial charge is 0.494 e. The first-order chi connectivity index (χ1) is 9.72. The van der Waals surface area contributed by atoms with Gasteiger partial charge in [-0.2, -0.15) is 0 Å². The highest BCUT2D eigenvalue weighted by atomic mass is 16.5. The molecule has 1 fully saturated rings. The number of ether oxygens (including phenoxy) is 1. The van der Waals surface area contributed by atoms with Gasteiger partial charge >= 0.3 is 0 Å². The van der Waals surface area contributed by atoms with Crippen LogP contribution in [0.15, 0.2) is 24.3 Å². The summed E-state index contributed by atoms with van der Waals surface area (Å²) in [7, 11) is 0. The second-order valence-corrected chi connectivity index (χ2v) is 5.77. The highest BCUT2D eigenvalue weighted by Crippen LogP contribution is 2.22. The molecule has 1 aromatic rings. The predicted octanol–water partition coefficient (Wildman–Crippen LogP) is 3.08. The van der Waals surface area contributed by atoms with E-state index in [1.165, 1.54) is 25.1 Å². The van der Waals surface area contributed by atoms with Crippen LogP contribution < -0.4 is 10.1 Å². The van der Waals surface area contributed by atoms with Gasteiger partial charge in [0.1, 0.15) is 5.75 Å². The molecule has 1 aliphatic rings. The van der Waals surface area contributed by atoms with E-state index < -0.39 is 0 Å². The van der Waals surface area contributed by atoms with E-state index in [1.54, 1.807) is 0 Å². The fourth-order valence-electron chi connectivity index (χ4n) is 2.95.